The van der Waals surface area contributed by atoms with Gasteiger partial charge in [0.15, 0.2) is 0 Å². The molecule has 1 fully saturated rings. The highest BCUT2D eigenvalue weighted by atomic mass is 35.5. The lowest BCUT2D eigenvalue weighted by Crippen LogP contribution is -2.53. The van der Waals surface area contributed by atoms with Crippen molar-refractivity contribution >= 4 is 35.1 Å². The summed E-state index contributed by atoms with van der Waals surface area (Å²) in [5.41, 5.74) is 1.15. The van der Waals surface area contributed by atoms with Gasteiger partial charge in [-0.1, -0.05) is 35.3 Å². The van der Waals surface area contributed by atoms with Crippen molar-refractivity contribution in [2.75, 3.05) is 31.1 Å². The number of halogens is 2. The van der Waals surface area contributed by atoms with Gasteiger partial charge in [0.1, 0.15) is 5.82 Å². The Balaban J connectivity index is 1.49. The van der Waals surface area contributed by atoms with Gasteiger partial charge in [-0.05, 0) is 43.2 Å². The predicted octanol–water partition coefficient (Wildman–Crippen LogP) is 3.85. The smallest absolute Gasteiger partial charge is 0.317 e. The fraction of sp³-hybridized carbons (Fsp3) is 0.368. The van der Waals surface area contributed by atoms with Crippen LogP contribution >= 0.6 is 23.2 Å². The van der Waals surface area contributed by atoms with Gasteiger partial charge in [-0.2, -0.15) is 0 Å². The Kier molecular flexibility index (Phi) is 6.22. The average Bonchev–Trinajstić information content (AvgIpc) is 2.64. The molecule has 26 heavy (non-hydrogen) atoms. The zero-order valence-electron chi connectivity index (χ0n) is 14.7. The molecule has 1 aromatic carbocycles. The zero-order valence-corrected chi connectivity index (χ0v) is 16.2. The van der Waals surface area contributed by atoms with Gasteiger partial charge < -0.3 is 15.1 Å². The maximum absolute atomic E-state index is 12.5. The van der Waals surface area contributed by atoms with E-state index in [0.29, 0.717) is 18.1 Å². The number of nitrogens with zero attached hydrogens (tertiary/aromatic N) is 3. The van der Waals surface area contributed by atoms with E-state index in [4.69, 9.17) is 23.2 Å². The van der Waals surface area contributed by atoms with Gasteiger partial charge in [0, 0.05) is 43.4 Å². The molecule has 3 rings (SSSR count). The molecule has 2 amide bonds. The third-order valence-electron chi connectivity index (χ3n) is 4.43. The molecule has 5 nitrogen and oxygen atoms in total. The number of benzene rings is 1. The fourth-order valence-electron chi connectivity index (χ4n) is 3.06. The summed E-state index contributed by atoms with van der Waals surface area (Å²) in [7, 11) is 0. The van der Waals surface area contributed by atoms with Crippen LogP contribution in [0, 0.1) is 0 Å². The normalized spacial score (nSPS) is 15.7. The van der Waals surface area contributed by atoms with Crippen LogP contribution in [-0.4, -0.2) is 48.1 Å². The number of piperazine rings is 1. The van der Waals surface area contributed by atoms with Crippen LogP contribution in [0.4, 0.5) is 10.6 Å². The molecule has 1 aliphatic heterocycles. The first kappa shape index (κ1) is 18.8. The quantitative estimate of drug-likeness (QED) is 0.859. The Morgan fingerprint density at radius 3 is 2.50 bits per heavy atom. The van der Waals surface area contributed by atoms with Crippen molar-refractivity contribution in [2.24, 2.45) is 0 Å². The van der Waals surface area contributed by atoms with Crippen LogP contribution in [0.2, 0.25) is 10.0 Å². The molecule has 0 aliphatic carbocycles. The van der Waals surface area contributed by atoms with Gasteiger partial charge in [0.05, 0.1) is 5.02 Å². The topological polar surface area (TPSA) is 48.5 Å². The van der Waals surface area contributed by atoms with E-state index in [1.165, 1.54) is 0 Å². The SMILES string of the molecule is CC(Cc1ccc(Cl)cc1)NC(=O)N1CCN(c2ncccc2Cl)CC1. The summed E-state index contributed by atoms with van der Waals surface area (Å²) in [5.74, 6) is 0.783. The first-order valence-corrected chi connectivity index (χ1v) is 9.44. The van der Waals surface area contributed by atoms with Crippen LogP contribution in [0.25, 0.3) is 0 Å². The summed E-state index contributed by atoms with van der Waals surface area (Å²) in [5, 5.41) is 4.43. The molecule has 1 aromatic heterocycles. The largest absolute Gasteiger partial charge is 0.352 e. The van der Waals surface area contributed by atoms with E-state index in [2.05, 4.69) is 15.2 Å². The number of hydrogen-bond acceptors (Lipinski definition) is 3. The number of pyridine rings is 1. The molecule has 1 saturated heterocycles. The molecule has 2 aromatic rings. The monoisotopic (exact) mass is 392 g/mol. The molecule has 1 unspecified atom stereocenters. The standard InChI is InChI=1S/C19H22Cl2N4O/c1-14(13-15-4-6-16(20)7-5-15)23-19(26)25-11-9-24(10-12-25)18-17(21)3-2-8-22-18/h2-8,14H,9-13H2,1H3,(H,23,26). The molecule has 1 aliphatic rings. The molecule has 2 heterocycles. The fourth-order valence-corrected chi connectivity index (χ4v) is 3.43. The van der Waals surface area contributed by atoms with Gasteiger partial charge in [-0.25, -0.2) is 9.78 Å². The lowest BCUT2D eigenvalue weighted by Gasteiger charge is -2.36. The average molecular weight is 393 g/mol. The minimum atomic E-state index is -0.0294. The van der Waals surface area contributed by atoms with Gasteiger partial charge in [-0.3, -0.25) is 0 Å². The summed E-state index contributed by atoms with van der Waals surface area (Å²) in [6, 6.07) is 11.4. The van der Waals surface area contributed by atoms with Gasteiger partial charge in [0.25, 0.3) is 0 Å². The number of rotatable bonds is 4. The van der Waals surface area contributed by atoms with E-state index in [9.17, 15) is 4.79 Å². The van der Waals surface area contributed by atoms with Crippen molar-refractivity contribution in [3.05, 3.63) is 58.2 Å². The molecular weight excluding hydrogens is 371 g/mol. The van der Waals surface area contributed by atoms with Crippen LogP contribution in [0.3, 0.4) is 0 Å². The molecular formula is C19H22Cl2N4O. The first-order valence-electron chi connectivity index (χ1n) is 8.68. The highest BCUT2D eigenvalue weighted by Crippen LogP contribution is 2.23. The van der Waals surface area contributed by atoms with Crippen molar-refractivity contribution in [3.8, 4) is 0 Å². The van der Waals surface area contributed by atoms with Gasteiger partial charge in [0.2, 0.25) is 0 Å². The second-order valence-electron chi connectivity index (χ2n) is 6.46. The Bertz CT molecular complexity index is 745. The lowest BCUT2D eigenvalue weighted by atomic mass is 10.1. The van der Waals surface area contributed by atoms with E-state index >= 15 is 0 Å². The zero-order chi connectivity index (χ0) is 18.5. The third-order valence-corrected chi connectivity index (χ3v) is 4.98. The number of amides is 2. The summed E-state index contributed by atoms with van der Waals surface area (Å²) in [6.45, 7) is 4.74. The summed E-state index contributed by atoms with van der Waals surface area (Å²) < 4.78 is 0. The van der Waals surface area contributed by atoms with Crippen molar-refractivity contribution in [3.63, 3.8) is 0 Å². The van der Waals surface area contributed by atoms with E-state index in [0.717, 1.165) is 35.9 Å². The predicted molar refractivity (Wildman–Crippen MR) is 106 cm³/mol. The maximum atomic E-state index is 12.5. The number of nitrogens with one attached hydrogen (secondary N) is 1. The van der Waals surface area contributed by atoms with Crippen LogP contribution in [-0.2, 0) is 6.42 Å². The molecule has 138 valence electrons. The summed E-state index contributed by atoms with van der Waals surface area (Å²) in [4.78, 5) is 20.8. The maximum Gasteiger partial charge on any atom is 0.317 e. The second kappa shape index (κ2) is 8.60. The minimum Gasteiger partial charge on any atom is -0.352 e. The molecule has 0 bridgehead atoms. The molecule has 0 radical (unpaired) electrons. The van der Waals surface area contributed by atoms with Crippen molar-refractivity contribution in [1.82, 2.24) is 15.2 Å². The Hall–Kier alpha value is -1.98. The molecule has 1 atom stereocenters. The number of urea groups is 1. The van der Waals surface area contributed by atoms with E-state index in [1.54, 1.807) is 6.20 Å². The van der Waals surface area contributed by atoms with Gasteiger partial charge >= 0.3 is 6.03 Å². The molecule has 0 saturated carbocycles. The molecule has 0 spiro atoms. The van der Waals surface area contributed by atoms with Crippen LogP contribution in [0.5, 0.6) is 0 Å². The van der Waals surface area contributed by atoms with E-state index in [-0.39, 0.29) is 12.1 Å². The van der Waals surface area contributed by atoms with Crippen molar-refractivity contribution < 1.29 is 4.79 Å². The van der Waals surface area contributed by atoms with Crippen LogP contribution in [0.15, 0.2) is 42.6 Å². The Morgan fingerprint density at radius 1 is 1.15 bits per heavy atom. The minimum absolute atomic E-state index is 0.0294. The number of aromatic nitrogens is 1. The highest BCUT2D eigenvalue weighted by molar-refractivity contribution is 6.32. The van der Waals surface area contributed by atoms with Gasteiger partial charge in [-0.15, -0.1) is 0 Å². The molecule has 7 heteroatoms. The van der Waals surface area contributed by atoms with Crippen molar-refractivity contribution in [2.45, 2.75) is 19.4 Å². The highest BCUT2D eigenvalue weighted by Gasteiger charge is 2.23. The Labute approximate surface area is 163 Å². The van der Waals surface area contributed by atoms with Crippen molar-refractivity contribution in [1.29, 1.82) is 0 Å². The number of carbonyl (C=O) groups excluding carboxylic acids is 1. The third kappa shape index (κ3) is 4.80. The number of anilines is 1. The number of carbonyl (C=O) groups is 1. The first-order chi connectivity index (χ1) is 12.5. The van der Waals surface area contributed by atoms with Crippen LogP contribution < -0.4 is 10.2 Å². The van der Waals surface area contributed by atoms with Crippen LogP contribution in [0.1, 0.15) is 12.5 Å². The number of hydrogen-bond donors (Lipinski definition) is 1. The summed E-state index contributed by atoms with van der Waals surface area (Å²) in [6.07, 6.45) is 2.51. The van der Waals surface area contributed by atoms with E-state index < -0.39 is 0 Å². The molecule has 1 N–H and O–H groups in total. The van der Waals surface area contributed by atoms with E-state index in [1.807, 2.05) is 48.2 Å². The summed E-state index contributed by atoms with van der Waals surface area (Å²) >= 11 is 12.1. The lowest BCUT2D eigenvalue weighted by molar-refractivity contribution is 0.191. The second-order valence-corrected chi connectivity index (χ2v) is 7.31. The Morgan fingerprint density at radius 2 is 1.85 bits per heavy atom.